The van der Waals surface area contributed by atoms with Gasteiger partial charge in [-0.3, -0.25) is 14.5 Å². The van der Waals surface area contributed by atoms with Gasteiger partial charge in [-0.15, -0.1) is 0 Å². The van der Waals surface area contributed by atoms with E-state index in [1.165, 1.54) is 0 Å². The SMILES string of the molecule is Cc1nc(Br)cnc1C(C)(C)NCS(=O)C(C)(C)C. The molecule has 108 valence electrons. The summed E-state index contributed by atoms with van der Waals surface area (Å²) in [5.74, 6) is 0.438. The van der Waals surface area contributed by atoms with Crippen molar-refractivity contribution in [1.82, 2.24) is 15.3 Å². The highest BCUT2D eigenvalue weighted by Crippen LogP contribution is 2.22. The van der Waals surface area contributed by atoms with Gasteiger partial charge in [0.2, 0.25) is 0 Å². The van der Waals surface area contributed by atoms with Crippen LogP contribution in [0, 0.1) is 6.92 Å². The summed E-state index contributed by atoms with van der Waals surface area (Å²) < 4.78 is 12.6. The van der Waals surface area contributed by atoms with Crippen LogP contribution in [0.25, 0.3) is 0 Å². The summed E-state index contributed by atoms with van der Waals surface area (Å²) >= 11 is 3.31. The van der Waals surface area contributed by atoms with Gasteiger partial charge in [0.05, 0.1) is 29.0 Å². The molecule has 1 aromatic heterocycles. The number of aryl methyl sites for hydroxylation is 1. The molecule has 1 aromatic rings. The highest BCUT2D eigenvalue weighted by atomic mass is 79.9. The van der Waals surface area contributed by atoms with E-state index < -0.39 is 10.8 Å². The second-order valence-electron chi connectivity index (χ2n) is 6.03. The van der Waals surface area contributed by atoms with Crippen molar-refractivity contribution in [2.75, 3.05) is 5.88 Å². The Bertz CT molecular complexity index is 483. The fraction of sp³-hybridized carbons (Fsp3) is 0.692. The maximum atomic E-state index is 12.1. The van der Waals surface area contributed by atoms with Gasteiger partial charge >= 0.3 is 0 Å². The lowest BCUT2D eigenvalue weighted by Gasteiger charge is -2.28. The first kappa shape index (κ1) is 16.7. The zero-order valence-electron chi connectivity index (χ0n) is 12.4. The van der Waals surface area contributed by atoms with E-state index in [9.17, 15) is 4.21 Å². The summed E-state index contributed by atoms with van der Waals surface area (Å²) in [6.07, 6.45) is 1.69. The Morgan fingerprint density at radius 2 is 1.89 bits per heavy atom. The molecule has 6 heteroatoms. The van der Waals surface area contributed by atoms with Crippen LogP contribution >= 0.6 is 15.9 Å². The number of nitrogens with one attached hydrogen (secondary N) is 1. The summed E-state index contributed by atoms with van der Waals surface area (Å²) in [6.45, 7) is 11.9. The maximum absolute atomic E-state index is 12.1. The van der Waals surface area contributed by atoms with Gasteiger partial charge in [0.15, 0.2) is 0 Å². The number of aromatic nitrogens is 2. The fourth-order valence-electron chi connectivity index (χ4n) is 1.61. The van der Waals surface area contributed by atoms with Crippen LogP contribution in [0.15, 0.2) is 10.8 Å². The van der Waals surface area contributed by atoms with Crippen LogP contribution in [0.3, 0.4) is 0 Å². The first-order chi connectivity index (χ1) is 8.54. The molecule has 0 spiro atoms. The van der Waals surface area contributed by atoms with Gasteiger partial charge in [-0.05, 0) is 57.5 Å². The van der Waals surface area contributed by atoms with E-state index in [2.05, 4.69) is 31.2 Å². The topological polar surface area (TPSA) is 54.9 Å². The molecule has 0 aliphatic carbocycles. The average molecular weight is 348 g/mol. The smallest absolute Gasteiger partial charge is 0.124 e. The lowest BCUT2D eigenvalue weighted by Crippen LogP contribution is -2.42. The average Bonchev–Trinajstić information content (AvgIpc) is 2.24. The van der Waals surface area contributed by atoms with E-state index in [1.807, 2.05) is 41.5 Å². The van der Waals surface area contributed by atoms with Gasteiger partial charge in [0.25, 0.3) is 0 Å². The van der Waals surface area contributed by atoms with Crippen LogP contribution in [-0.4, -0.2) is 24.8 Å². The summed E-state index contributed by atoms with van der Waals surface area (Å²) in [4.78, 5) is 8.77. The van der Waals surface area contributed by atoms with E-state index in [0.29, 0.717) is 5.88 Å². The van der Waals surface area contributed by atoms with E-state index >= 15 is 0 Å². The van der Waals surface area contributed by atoms with Crippen LogP contribution < -0.4 is 5.32 Å². The molecule has 0 saturated heterocycles. The molecule has 0 fully saturated rings. The predicted octanol–water partition coefficient (Wildman–Crippen LogP) is 2.88. The lowest BCUT2D eigenvalue weighted by atomic mass is 9.99. The number of hydrogen-bond donors (Lipinski definition) is 1. The van der Waals surface area contributed by atoms with E-state index in [4.69, 9.17) is 0 Å². The number of nitrogens with zero attached hydrogens (tertiary/aromatic N) is 2. The Balaban J connectivity index is 2.84. The summed E-state index contributed by atoms with van der Waals surface area (Å²) in [5.41, 5.74) is 1.38. The number of hydrogen-bond acceptors (Lipinski definition) is 4. The third kappa shape index (κ3) is 4.61. The third-order valence-electron chi connectivity index (χ3n) is 2.84. The van der Waals surface area contributed by atoms with Gasteiger partial charge in [-0.1, -0.05) is 0 Å². The standard InChI is InChI=1S/C13H22BrN3OS/c1-9-11(15-7-10(14)17-9)13(5,6)16-8-19(18)12(2,3)4/h7,16H,8H2,1-6H3. The van der Waals surface area contributed by atoms with Crippen molar-refractivity contribution in [2.24, 2.45) is 0 Å². The zero-order valence-corrected chi connectivity index (χ0v) is 14.8. The Kier molecular flexibility index (Phi) is 5.26. The van der Waals surface area contributed by atoms with Crippen LogP contribution in [0.1, 0.15) is 46.0 Å². The normalized spacial score (nSPS) is 14.5. The molecule has 1 heterocycles. The van der Waals surface area contributed by atoms with Crippen molar-refractivity contribution in [3.63, 3.8) is 0 Å². The molecule has 1 N–H and O–H groups in total. The molecule has 19 heavy (non-hydrogen) atoms. The van der Waals surface area contributed by atoms with E-state index in [-0.39, 0.29) is 10.3 Å². The van der Waals surface area contributed by atoms with Crippen LogP contribution in [0.4, 0.5) is 0 Å². The van der Waals surface area contributed by atoms with Gasteiger partial charge in [0, 0.05) is 15.5 Å². The molecule has 0 aromatic carbocycles. The predicted molar refractivity (Wildman–Crippen MR) is 83.4 cm³/mol. The Morgan fingerprint density at radius 3 is 2.37 bits per heavy atom. The summed E-state index contributed by atoms with van der Waals surface area (Å²) in [6, 6.07) is 0. The molecule has 1 unspecified atom stereocenters. The summed E-state index contributed by atoms with van der Waals surface area (Å²) in [7, 11) is -0.937. The van der Waals surface area contributed by atoms with Crippen LogP contribution in [-0.2, 0) is 16.3 Å². The molecule has 1 atom stereocenters. The molecular weight excluding hydrogens is 326 g/mol. The minimum absolute atomic E-state index is 0.219. The maximum Gasteiger partial charge on any atom is 0.124 e. The molecule has 0 saturated carbocycles. The first-order valence-electron chi connectivity index (χ1n) is 6.17. The Hall–Kier alpha value is -0.330. The third-order valence-corrected chi connectivity index (χ3v) is 4.99. The molecule has 0 amide bonds. The first-order valence-corrected chi connectivity index (χ1v) is 8.28. The monoisotopic (exact) mass is 347 g/mol. The molecule has 0 bridgehead atoms. The van der Waals surface area contributed by atoms with Crippen LogP contribution in [0.5, 0.6) is 0 Å². The Labute approximate surface area is 126 Å². The largest absolute Gasteiger partial charge is 0.295 e. The minimum atomic E-state index is -0.937. The molecule has 4 nitrogen and oxygen atoms in total. The quantitative estimate of drug-likeness (QED) is 0.909. The van der Waals surface area contributed by atoms with Crippen LogP contribution in [0.2, 0.25) is 0 Å². The minimum Gasteiger partial charge on any atom is -0.295 e. The van der Waals surface area contributed by atoms with Gasteiger partial charge in [-0.2, -0.15) is 0 Å². The molecule has 0 aliphatic heterocycles. The second-order valence-corrected chi connectivity index (χ2v) is 9.05. The van der Waals surface area contributed by atoms with Crippen molar-refractivity contribution in [2.45, 2.75) is 51.8 Å². The zero-order chi connectivity index (χ0) is 14.8. The molecule has 1 rings (SSSR count). The van der Waals surface area contributed by atoms with Gasteiger partial charge < -0.3 is 0 Å². The van der Waals surface area contributed by atoms with Crippen molar-refractivity contribution < 1.29 is 4.21 Å². The number of halogens is 1. The van der Waals surface area contributed by atoms with E-state index in [0.717, 1.165) is 16.0 Å². The molecule has 0 aliphatic rings. The van der Waals surface area contributed by atoms with E-state index in [1.54, 1.807) is 6.20 Å². The van der Waals surface area contributed by atoms with Crippen molar-refractivity contribution >= 4 is 26.7 Å². The van der Waals surface area contributed by atoms with Gasteiger partial charge in [0.1, 0.15) is 4.60 Å². The van der Waals surface area contributed by atoms with Crippen molar-refractivity contribution in [3.8, 4) is 0 Å². The van der Waals surface area contributed by atoms with Gasteiger partial charge in [-0.25, -0.2) is 4.98 Å². The second kappa shape index (κ2) is 5.97. The molecule has 0 radical (unpaired) electrons. The molecular formula is C13H22BrN3OS. The number of rotatable bonds is 4. The Morgan fingerprint density at radius 1 is 1.32 bits per heavy atom. The fourth-order valence-corrected chi connectivity index (χ4v) is 2.91. The van der Waals surface area contributed by atoms with Crippen molar-refractivity contribution in [3.05, 3.63) is 22.2 Å². The highest BCUT2D eigenvalue weighted by molar-refractivity contribution is 9.10. The van der Waals surface area contributed by atoms with Crippen molar-refractivity contribution in [1.29, 1.82) is 0 Å². The lowest BCUT2D eigenvalue weighted by molar-refractivity contribution is 0.415. The highest BCUT2D eigenvalue weighted by Gasteiger charge is 2.27. The summed E-state index contributed by atoms with van der Waals surface area (Å²) in [5, 5.41) is 3.32.